The average molecular weight is 305 g/mol. The Labute approximate surface area is 130 Å². The smallest absolute Gasteiger partial charge is 0.0533 e. The molecule has 2 saturated heterocycles. The SMILES string of the molecule is Clc1ccc2c(c1)c(C1CCNCC1)cn2CC1COC1. The highest BCUT2D eigenvalue weighted by Gasteiger charge is 2.23. The quantitative estimate of drug-likeness (QED) is 0.940. The molecule has 3 nitrogen and oxygen atoms in total. The van der Waals surface area contributed by atoms with Gasteiger partial charge in [0.15, 0.2) is 0 Å². The number of nitrogens with zero attached hydrogens (tertiary/aromatic N) is 1. The first kappa shape index (κ1) is 13.6. The lowest BCUT2D eigenvalue weighted by Gasteiger charge is -2.26. The van der Waals surface area contributed by atoms with Crippen LogP contribution in [0.4, 0.5) is 0 Å². The number of hydrogen-bond acceptors (Lipinski definition) is 2. The van der Waals surface area contributed by atoms with Gasteiger partial charge in [0.2, 0.25) is 0 Å². The van der Waals surface area contributed by atoms with Gasteiger partial charge in [-0.2, -0.15) is 0 Å². The van der Waals surface area contributed by atoms with Gasteiger partial charge in [-0.05, 0) is 55.6 Å². The number of aromatic nitrogens is 1. The molecule has 0 unspecified atom stereocenters. The number of hydrogen-bond donors (Lipinski definition) is 1. The Bertz CT molecular complexity index is 642. The minimum atomic E-state index is 0.658. The molecule has 2 fully saturated rings. The summed E-state index contributed by atoms with van der Waals surface area (Å²) in [6, 6.07) is 6.31. The summed E-state index contributed by atoms with van der Waals surface area (Å²) in [6.07, 6.45) is 4.81. The Hall–Kier alpha value is -1.03. The van der Waals surface area contributed by atoms with Crippen LogP contribution in [0.5, 0.6) is 0 Å². The monoisotopic (exact) mass is 304 g/mol. The highest BCUT2D eigenvalue weighted by molar-refractivity contribution is 6.31. The normalized spacial score (nSPS) is 20.8. The summed E-state index contributed by atoms with van der Waals surface area (Å²) < 4.78 is 7.73. The summed E-state index contributed by atoms with van der Waals surface area (Å²) in [4.78, 5) is 0. The van der Waals surface area contributed by atoms with Crippen molar-refractivity contribution in [1.82, 2.24) is 9.88 Å². The van der Waals surface area contributed by atoms with Crippen molar-refractivity contribution in [2.24, 2.45) is 5.92 Å². The predicted octanol–water partition coefficient (Wildman–Crippen LogP) is 3.41. The molecular formula is C17H21ClN2O. The van der Waals surface area contributed by atoms with Gasteiger partial charge >= 0.3 is 0 Å². The zero-order valence-corrected chi connectivity index (χ0v) is 12.9. The first-order valence-electron chi connectivity index (χ1n) is 7.88. The zero-order chi connectivity index (χ0) is 14.2. The molecule has 0 aliphatic carbocycles. The van der Waals surface area contributed by atoms with Crippen LogP contribution in [0.15, 0.2) is 24.4 Å². The lowest BCUT2D eigenvalue weighted by molar-refractivity contribution is -0.0389. The average Bonchev–Trinajstić information content (AvgIpc) is 2.82. The van der Waals surface area contributed by atoms with E-state index >= 15 is 0 Å². The molecule has 0 atom stereocenters. The van der Waals surface area contributed by atoms with Crippen LogP contribution in [0.3, 0.4) is 0 Å². The van der Waals surface area contributed by atoms with Crippen molar-refractivity contribution >= 4 is 22.5 Å². The van der Waals surface area contributed by atoms with Gasteiger partial charge in [0.25, 0.3) is 0 Å². The summed E-state index contributed by atoms with van der Waals surface area (Å²) in [7, 11) is 0. The second kappa shape index (κ2) is 5.64. The Balaban J connectivity index is 1.74. The van der Waals surface area contributed by atoms with E-state index in [0.717, 1.165) is 37.9 Å². The maximum atomic E-state index is 6.24. The van der Waals surface area contributed by atoms with E-state index in [2.05, 4.69) is 28.2 Å². The molecule has 21 heavy (non-hydrogen) atoms. The van der Waals surface area contributed by atoms with E-state index in [9.17, 15) is 0 Å². The molecule has 1 aromatic heterocycles. The molecule has 0 saturated carbocycles. The number of fused-ring (bicyclic) bond motifs is 1. The van der Waals surface area contributed by atoms with E-state index in [1.54, 1.807) is 0 Å². The number of rotatable bonds is 3. The first-order chi connectivity index (χ1) is 10.3. The first-order valence-corrected chi connectivity index (χ1v) is 8.26. The fourth-order valence-corrected chi connectivity index (χ4v) is 3.75. The van der Waals surface area contributed by atoms with Crippen LogP contribution in [0.2, 0.25) is 5.02 Å². The highest BCUT2D eigenvalue weighted by Crippen LogP contribution is 2.35. The molecule has 1 N–H and O–H groups in total. The van der Waals surface area contributed by atoms with Crippen LogP contribution >= 0.6 is 11.6 Å². The molecule has 0 spiro atoms. The van der Waals surface area contributed by atoms with Gasteiger partial charge in [0, 0.05) is 34.6 Å². The lowest BCUT2D eigenvalue weighted by atomic mass is 9.90. The maximum Gasteiger partial charge on any atom is 0.0533 e. The summed E-state index contributed by atoms with van der Waals surface area (Å²) in [5.74, 6) is 1.32. The number of benzene rings is 1. The largest absolute Gasteiger partial charge is 0.381 e. The van der Waals surface area contributed by atoms with E-state index in [1.165, 1.54) is 29.3 Å². The Kier molecular flexibility index (Phi) is 3.66. The molecule has 112 valence electrons. The van der Waals surface area contributed by atoms with Crippen LogP contribution in [-0.2, 0) is 11.3 Å². The minimum Gasteiger partial charge on any atom is -0.381 e. The van der Waals surface area contributed by atoms with Crippen molar-refractivity contribution in [3.05, 3.63) is 35.0 Å². The van der Waals surface area contributed by atoms with Gasteiger partial charge in [-0.3, -0.25) is 0 Å². The van der Waals surface area contributed by atoms with Gasteiger partial charge in [0.1, 0.15) is 0 Å². The highest BCUT2D eigenvalue weighted by atomic mass is 35.5. The maximum absolute atomic E-state index is 6.24. The Morgan fingerprint density at radius 2 is 2.05 bits per heavy atom. The van der Waals surface area contributed by atoms with Crippen molar-refractivity contribution in [1.29, 1.82) is 0 Å². The van der Waals surface area contributed by atoms with Gasteiger partial charge in [-0.25, -0.2) is 0 Å². The van der Waals surface area contributed by atoms with E-state index in [0.29, 0.717) is 11.8 Å². The number of halogens is 1. The van der Waals surface area contributed by atoms with Gasteiger partial charge in [0.05, 0.1) is 13.2 Å². The van der Waals surface area contributed by atoms with E-state index in [4.69, 9.17) is 16.3 Å². The van der Waals surface area contributed by atoms with Crippen LogP contribution in [0.25, 0.3) is 10.9 Å². The van der Waals surface area contributed by atoms with E-state index in [-0.39, 0.29) is 0 Å². The van der Waals surface area contributed by atoms with Crippen molar-refractivity contribution < 1.29 is 4.74 Å². The van der Waals surface area contributed by atoms with Crippen molar-refractivity contribution in [2.75, 3.05) is 26.3 Å². The Morgan fingerprint density at radius 1 is 1.24 bits per heavy atom. The minimum absolute atomic E-state index is 0.658. The summed E-state index contributed by atoms with van der Waals surface area (Å²) in [6.45, 7) is 5.09. The standard InChI is InChI=1S/C17H21ClN2O/c18-14-1-2-17-15(7-14)16(13-3-5-19-6-4-13)9-20(17)8-12-10-21-11-12/h1-2,7,9,12-13,19H,3-6,8,10-11H2. The fourth-order valence-electron chi connectivity index (χ4n) is 3.57. The fraction of sp³-hybridized carbons (Fsp3) is 0.529. The molecule has 2 aromatic rings. The number of ether oxygens (including phenoxy) is 1. The van der Waals surface area contributed by atoms with Crippen LogP contribution in [-0.4, -0.2) is 30.9 Å². The molecule has 1 aromatic carbocycles. The van der Waals surface area contributed by atoms with E-state index < -0.39 is 0 Å². The van der Waals surface area contributed by atoms with Crippen molar-refractivity contribution in [2.45, 2.75) is 25.3 Å². The zero-order valence-electron chi connectivity index (χ0n) is 12.1. The topological polar surface area (TPSA) is 26.2 Å². The van der Waals surface area contributed by atoms with Crippen molar-refractivity contribution in [3.63, 3.8) is 0 Å². The van der Waals surface area contributed by atoms with Crippen LogP contribution in [0.1, 0.15) is 24.3 Å². The molecule has 3 heterocycles. The molecule has 0 bridgehead atoms. The molecule has 0 amide bonds. The lowest BCUT2D eigenvalue weighted by Crippen LogP contribution is -2.31. The molecule has 0 radical (unpaired) electrons. The second-order valence-corrected chi connectivity index (χ2v) is 6.76. The third-order valence-corrected chi connectivity index (χ3v) is 5.05. The molecule has 2 aliphatic heterocycles. The molecular weight excluding hydrogens is 284 g/mol. The predicted molar refractivity (Wildman–Crippen MR) is 86.1 cm³/mol. The number of nitrogens with one attached hydrogen (secondary N) is 1. The van der Waals surface area contributed by atoms with Crippen LogP contribution in [0, 0.1) is 5.92 Å². The van der Waals surface area contributed by atoms with Gasteiger partial charge in [-0.1, -0.05) is 11.6 Å². The second-order valence-electron chi connectivity index (χ2n) is 6.33. The van der Waals surface area contributed by atoms with E-state index in [1.807, 2.05) is 6.07 Å². The summed E-state index contributed by atoms with van der Waals surface area (Å²) in [5.41, 5.74) is 2.80. The van der Waals surface area contributed by atoms with Crippen molar-refractivity contribution in [3.8, 4) is 0 Å². The summed E-state index contributed by atoms with van der Waals surface area (Å²) in [5, 5.41) is 5.63. The number of piperidine rings is 1. The summed E-state index contributed by atoms with van der Waals surface area (Å²) >= 11 is 6.24. The molecule has 4 rings (SSSR count). The van der Waals surface area contributed by atoms with Gasteiger partial charge in [-0.15, -0.1) is 0 Å². The third kappa shape index (κ3) is 2.59. The van der Waals surface area contributed by atoms with Gasteiger partial charge < -0.3 is 14.6 Å². The molecule has 2 aliphatic rings. The van der Waals surface area contributed by atoms with Crippen LogP contribution < -0.4 is 5.32 Å². The third-order valence-electron chi connectivity index (χ3n) is 4.81. The molecule has 4 heteroatoms. The Morgan fingerprint density at radius 3 is 2.76 bits per heavy atom.